The molecular formula is C33H33N3O7Se. The average Bonchev–Trinajstić information content (AvgIpc) is 3.29. The molecule has 5 rings (SSSR count). The third-order valence-electron chi connectivity index (χ3n) is 7.97. The molecule has 4 atom stereocenters. The molecular weight excluding hydrogens is 629 g/mol. The van der Waals surface area contributed by atoms with E-state index in [2.05, 4.69) is 27.1 Å². The number of aliphatic hydroxyl groups excluding tert-OH is 1. The zero-order valence-electron chi connectivity index (χ0n) is 24.3. The number of nitrogens with one attached hydrogen (secondary N) is 1. The van der Waals surface area contributed by atoms with Crippen molar-refractivity contribution in [2.45, 2.75) is 35.3 Å². The fourth-order valence-corrected chi connectivity index (χ4v) is 6.97. The molecule has 44 heavy (non-hydrogen) atoms. The molecule has 1 fully saturated rings. The molecule has 11 heteroatoms. The number of hydrogen-bond acceptors (Lipinski definition) is 8. The summed E-state index contributed by atoms with van der Waals surface area (Å²) in [5.74, 6) is 0.688. The van der Waals surface area contributed by atoms with Crippen molar-refractivity contribution in [3.8, 4) is 17.6 Å². The van der Waals surface area contributed by atoms with Gasteiger partial charge in [-0.1, -0.05) is 0 Å². The van der Waals surface area contributed by atoms with Crippen LogP contribution in [-0.2, 0) is 19.7 Å². The van der Waals surface area contributed by atoms with Crippen LogP contribution in [0.3, 0.4) is 0 Å². The predicted octanol–water partition coefficient (Wildman–Crippen LogP) is 2.75. The van der Waals surface area contributed by atoms with E-state index in [0.717, 1.165) is 16.7 Å². The van der Waals surface area contributed by atoms with Crippen molar-refractivity contribution in [2.75, 3.05) is 20.8 Å². The van der Waals surface area contributed by atoms with Gasteiger partial charge in [0.25, 0.3) is 0 Å². The first-order valence-corrected chi connectivity index (χ1v) is 15.0. The van der Waals surface area contributed by atoms with E-state index < -0.39 is 39.6 Å². The van der Waals surface area contributed by atoms with Crippen molar-refractivity contribution in [3.63, 3.8) is 0 Å². The summed E-state index contributed by atoms with van der Waals surface area (Å²) >= 11 is 2.30. The van der Waals surface area contributed by atoms with E-state index in [1.807, 2.05) is 78.9 Å². The van der Waals surface area contributed by atoms with Crippen LogP contribution >= 0.6 is 0 Å². The Morgan fingerprint density at radius 3 is 2.05 bits per heavy atom. The Morgan fingerprint density at radius 1 is 0.955 bits per heavy atom. The second-order valence-electron chi connectivity index (χ2n) is 10.4. The van der Waals surface area contributed by atoms with Crippen molar-refractivity contribution >= 4 is 16.0 Å². The molecule has 0 unspecified atom stereocenters. The Kier molecular flexibility index (Phi) is 9.39. The van der Waals surface area contributed by atoms with Crippen LogP contribution in [0.15, 0.2) is 101 Å². The second-order valence-corrected chi connectivity index (χ2v) is 11.7. The number of H-pyrrole nitrogens is 1. The molecule has 228 valence electrons. The first-order chi connectivity index (χ1) is 21.3. The molecule has 4 aromatic rings. The fraction of sp³-hybridized carbons (Fsp3) is 0.303. The quantitative estimate of drug-likeness (QED) is 0.185. The van der Waals surface area contributed by atoms with E-state index in [9.17, 15) is 20.0 Å². The third-order valence-corrected chi connectivity index (χ3v) is 9.34. The van der Waals surface area contributed by atoms with E-state index >= 15 is 0 Å². The Bertz CT molecular complexity index is 1670. The molecule has 0 saturated carbocycles. The summed E-state index contributed by atoms with van der Waals surface area (Å²) in [6, 6.07) is 28.2. The number of benzene rings is 3. The van der Waals surface area contributed by atoms with E-state index in [0.29, 0.717) is 11.5 Å². The van der Waals surface area contributed by atoms with E-state index in [1.54, 1.807) is 14.2 Å². The standard InChI is InChI=1S/C33H33N3O7Se/c1-40-25-14-10-23(11-15-25)32(22-7-4-3-5-8-22,24-12-16-26(41-2)17-13-24)42-21-28-30(38)27(9-6-19-34)33(44,43-28)36-20-18-29(37)35-31(36)39/h3-5,7-8,10-18,20,27-28,30,38,44H,6,9,21H2,1-2H3,(H,35,37,39)/t27-,28-,30+,33+/m1/s1. The van der Waals surface area contributed by atoms with Gasteiger partial charge in [-0.25, -0.2) is 0 Å². The van der Waals surface area contributed by atoms with Crippen molar-refractivity contribution < 1.29 is 24.1 Å². The first-order valence-electron chi connectivity index (χ1n) is 14.0. The van der Waals surface area contributed by atoms with Gasteiger partial charge in [0, 0.05) is 0 Å². The van der Waals surface area contributed by atoms with Crippen molar-refractivity contribution in [2.24, 2.45) is 5.92 Å². The van der Waals surface area contributed by atoms with Gasteiger partial charge in [0.1, 0.15) is 0 Å². The van der Waals surface area contributed by atoms with Crippen LogP contribution in [0, 0.1) is 17.2 Å². The Labute approximate surface area is 262 Å². The van der Waals surface area contributed by atoms with Gasteiger partial charge in [-0.15, -0.1) is 0 Å². The molecule has 1 aliphatic rings. The number of hydrogen-bond donors (Lipinski definition) is 2. The summed E-state index contributed by atoms with van der Waals surface area (Å²) in [5.41, 5.74) is 0.0367. The number of nitriles is 1. The Balaban J connectivity index is 1.60. The molecule has 0 amide bonds. The molecule has 1 aliphatic heterocycles. The minimum absolute atomic E-state index is 0.0885. The van der Waals surface area contributed by atoms with E-state index in [1.165, 1.54) is 16.8 Å². The summed E-state index contributed by atoms with van der Waals surface area (Å²) in [7, 11) is 3.20. The number of nitrogens with zero attached hydrogens (tertiary/aromatic N) is 2. The van der Waals surface area contributed by atoms with Gasteiger partial charge in [0.2, 0.25) is 0 Å². The molecule has 3 aromatic carbocycles. The van der Waals surface area contributed by atoms with Crippen LogP contribution < -0.4 is 20.7 Å². The topological polar surface area (TPSA) is 136 Å². The van der Waals surface area contributed by atoms with Crippen LogP contribution in [-0.4, -0.2) is 63.7 Å². The maximum atomic E-state index is 12.9. The van der Waals surface area contributed by atoms with Crippen LogP contribution in [0.5, 0.6) is 11.5 Å². The number of methoxy groups -OCH3 is 2. The fourth-order valence-electron chi connectivity index (χ4n) is 5.76. The molecule has 2 heterocycles. The van der Waals surface area contributed by atoms with E-state index in [-0.39, 0.29) is 19.4 Å². The van der Waals surface area contributed by atoms with Gasteiger partial charge in [-0.3, -0.25) is 0 Å². The maximum absolute atomic E-state index is 12.9. The van der Waals surface area contributed by atoms with Gasteiger partial charge >= 0.3 is 263 Å². The minimum atomic E-state index is -1.42. The summed E-state index contributed by atoms with van der Waals surface area (Å²) < 4.78 is 24.0. The van der Waals surface area contributed by atoms with Crippen molar-refractivity contribution in [1.82, 2.24) is 9.55 Å². The van der Waals surface area contributed by atoms with Gasteiger partial charge in [0.05, 0.1) is 0 Å². The van der Waals surface area contributed by atoms with E-state index in [4.69, 9.17) is 18.9 Å². The molecule has 10 nitrogen and oxygen atoms in total. The van der Waals surface area contributed by atoms with Crippen LogP contribution in [0.1, 0.15) is 29.5 Å². The molecule has 0 aliphatic carbocycles. The molecule has 0 radical (unpaired) electrons. The molecule has 0 bridgehead atoms. The summed E-state index contributed by atoms with van der Waals surface area (Å²) in [5, 5.41) is 21.0. The molecule has 1 saturated heterocycles. The summed E-state index contributed by atoms with van der Waals surface area (Å²) in [6.45, 7) is -0.0885. The zero-order chi connectivity index (χ0) is 31.3. The van der Waals surface area contributed by atoms with Crippen LogP contribution in [0.2, 0.25) is 0 Å². The number of aliphatic hydroxyl groups is 1. The molecule has 2 N–H and O–H groups in total. The monoisotopic (exact) mass is 663 g/mol. The number of aromatic nitrogens is 2. The van der Waals surface area contributed by atoms with Gasteiger partial charge in [0.15, 0.2) is 0 Å². The third kappa shape index (κ3) is 5.83. The normalized spacial score (nSPS) is 21.5. The Hall–Kier alpha value is -4.17. The number of rotatable bonds is 11. The van der Waals surface area contributed by atoms with Crippen LogP contribution in [0.25, 0.3) is 0 Å². The van der Waals surface area contributed by atoms with Gasteiger partial charge < -0.3 is 0 Å². The molecule has 1 aromatic heterocycles. The zero-order valence-corrected chi connectivity index (χ0v) is 26.1. The second kappa shape index (κ2) is 13.2. The van der Waals surface area contributed by atoms with Crippen molar-refractivity contribution in [3.05, 3.63) is 129 Å². The number of ether oxygens (including phenoxy) is 4. The summed E-state index contributed by atoms with van der Waals surface area (Å²) in [6.07, 6.45) is -0.305. The Morgan fingerprint density at radius 2 is 1.52 bits per heavy atom. The number of aromatic amines is 1. The molecule has 0 spiro atoms. The van der Waals surface area contributed by atoms with Gasteiger partial charge in [-0.05, 0) is 0 Å². The van der Waals surface area contributed by atoms with Crippen molar-refractivity contribution in [1.29, 1.82) is 5.26 Å². The SMILES string of the molecule is COc1ccc(C(OC[C@H]2O[C@@]([SeH])(n3ccc(=O)[nH]c3=O)[C@H](CCC#N)[C@@H]2O)(c2ccccc2)c2ccc(OC)cc2)cc1. The van der Waals surface area contributed by atoms with Gasteiger partial charge in [-0.2, -0.15) is 0 Å². The first kappa shape index (κ1) is 31.3. The summed E-state index contributed by atoms with van der Waals surface area (Å²) in [4.78, 5) is 26.9. The van der Waals surface area contributed by atoms with Crippen LogP contribution in [0.4, 0.5) is 0 Å². The predicted molar refractivity (Wildman–Crippen MR) is 164 cm³/mol. The average molecular weight is 663 g/mol.